The second-order valence-electron chi connectivity index (χ2n) is 5.16. The Hall–Kier alpha value is -2.61. The van der Waals surface area contributed by atoms with Crippen LogP contribution >= 0.6 is 11.8 Å². The van der Waals surface area contributed by atoms with E-state index in [2.05, 4.69) is 25.7 Å². The fraction of sp³-hybridized carbons (Fsp3) is 0.250. The number of carbonyl (C=O) groups excluding carboxylic acids is 1. The van der Waals surface area contributed by atoms with E-state index >= 15 is 0 Å². The number of amides is 1. The molecule has 0 aliphatic heterocycles. The van der Waals surface area contributed by atoms with Gasteiger partial charge in [-0.15, -0.1) is 5.10 Å². The molecule has 1 aromatic carbocycles. The van der Waals surface area contributed by atoms with Gasteiger partial charge in [0.15, 0.2) is 11.6 Å². The lowest BCUT2D eigenvalue weighted by molar-refractivity contribution is -0.115. The zero-order chi connectivity index (χ0) is 16.9. The van der Waals surface area contributed by atoms with Gasteiger partial charge in [-0.3, -0.25) is 9.89 Å². The highest BCUT2D eigenvalue weighted by Crippen LogP contribution is 2.25. The lowest BCUT2D eigenvalue weighted by Crippen LogP contribution is -2.24. The lowest BCUT2D eigenvalue weighted by Gasteiger charge is -2.10. The van der Waals surface area contributed by atoms with Crippen molar-refractivity contribution in [3.8, 4) is 11.4 Å². The second-order valence-corrected chi connectivity index (χ2v) is 6.33. The van der Waals surface area contributed by atoms with E-state index in [0.29, 0.717) is 29.0 Å². The summed E-state index contributed by atoms with van der Waals surface area (Å²) in [6, 6.07) is 11.4. The van der Waals surface area contributed by atoms with Crippen molar-refractivity contribution in [1.29, 1.82) is 0 Å². The maximum absolute atomic E-state index is 12.4. The van der Waals surface area contributed by atoms with E-state index in [1.54, 1.807) is 13.0 Å². The topological polar surface area (TPSA) is 96.7 Å². The lowest BCUT2D eigenvalue weighted by atomic mass is 10.2. The molecule has 124 valence electrons. The van der Waals surface area contributed by atoms with E-state index < -0.39 is 0 Å². The minimum absolute atomic E-state index is 0.151. The second kappa shape index (κ2) is 7.31. The van der Waals surface area contributed by atoms with Crippen molar-refractivity contribution in [2.45, 2.75) is 30.7 Å². The van der Waals surface area contributed by atoms with Crippen LogP contribution in [0.3, 0.4) is 0 Å². The minimum Gasteiger partial charge on any atom is -0.360 e. The third kappa shape index (κ3) is 3.83. The third-order valence-corrected chi connectivity index (χ3v) is 4.53. The molecule has 0 saturated carbocycles. The quantitative estimate of drug-likeness (QED) is 0.667. The summed E-state index contributed by atoms with van der Waals surface area (Å²) in [5.41, 5.74) is 0.951. The van der Waals surface area contributed by atoms with Crippen molar-refractivity contribution in [3.63, 3.8) is 0 Å². The average Bonchev–Trinajstić information content (AvgIpc) is 3.22. The summed E-state index contributed by atoms with van der Waals surface area (Å²) >= 11 is 1.31. The molecule has 8 heteroatoms. The average molecular weight is 343 g/mol. The highest BCUT2D eigenvalue weighted by molar-refractivity contribution is 8.00. The van der Waals surface area contributed by atoms with E-state index in [4.69, 9.17) is 4.52 Å². The molecule has 24 heavy (non-hydrogen) atoms. The summed E-state index contributed by atoms with van der Waals surface area (Å²) in [7, 11) is 0. The first kappa shape index (κ1) is 16.3. The number of hydrogen-bond acceptors (Lipinski definition) is 6. The fourth-order valence-corrected chi connectivity index (χ4v) is 2.94. The molecular formula is C16H17N5O2S. The molecule has 1 unspecified atom stereocenters. The van der Waals surface area contributed by atoms with Crippen LogP contribution in [-0.2, 0) is 4.79 Å². The van der Waals surface area contributed by atoms with Crippen molar-refractivity contribution < 1.29 is 9.32 Å². The van der Waals surface area contributed by atoms with Crippen LogP contribution in [0.15, 0.2) is 46.1 Å². The Morgan fingerprint density at radius 1 is 1.38 bits per heavy atom. The molecule has 1 amide bonds. The van der Waals surface area contributed by atoms with Crippen molar-refractivity contribution >= 4 is 23.5 Å². The molecule has 0 bridgehead atoms. The number of nitrogens with zero attached hydrogens (tertiary/aromatic N) is 3. The molecule has 3 aromatic rings. The Morgan fingerprint density at radius 3 is 2.83 bits per heavy atom. The SMILES string of the molecule is CCC(Sc1n[nH]c(-c2ccccc2)n1)C(=O)Nc1cc(C)on1. The standard InChI is InChI=1S/C16H17N5O2S/c1-3-12(15(22)17-13-9-10(2)23-21-13)24-16-18-14(19-20-16)11-7-5-4-6-8-11/h4-9,12H,3H2,1-2H3,(H,17,21,22)(H,18,19,20). The highest BCUT2D eigenvalue weighted by Gasteiger charge is 2.21. The van der Waals surface area contributed by atoms with E-state index in [-0.39, 0.29) is 11.2 Å². The zero-order valence-electron chi connectivity index (χ0n) is 13.3. The molecule has 0 spiro atoms. The summed E-state index contributed by atoms with van der Waals surface area (Å²) < 4.78 is 4.95. The molecule has 2 aromatic heterocycles. The summed E-state index contributed by atoms with van der Waals surface area (Å²) in [6.07, 6.45) is 0.641. The van der Waals surface area contributed by atoms with Gasteiger partial charge in [0, 0.05) is 11.6 Å². The molecule has 0 radical (unpaired) electrons. The number of nitrogens with one attached hydrogen (secondary N) is 2. The number of carbonyl (C=O) groups is 1. The van der Waals surface area contributed by atoms with Crippen LogP contribution < -0.4 is 5.32 Å². The van der Waals surface area contributed by atoms with Crippen LogP contribution in [0.5, 0.6) is 0 Å². The Kier molecular flexibility index (Phi) is 4.95. The highest BCUT2D eigenvalue weighted by atomic mass is 32.2. The molecule has 0 aliphatic rings. The third-order valence-electron chi connectivity index (χ3n) is 3.30. The number of anilines is 1. The van der Waals surface area contributed by atoms with Crippen LogP contribution in [-0.4, -0.2) is 31.5 Å². The van der Waals surface area contributed by atoms with Gasteiger partial charge in [0.05, 0.1) is 5.25 Å². The Bertz CT molecular complexity index is 815. The summed E-state index contributed by atoms with van der Waals surface area (Å²) in [6.45, 7) is 3.71. The van der Waals surface area contributed by atoms with Crippen LogP contribution in [0.2, 0.25) is 0 Å². The van der Waals surface area contributed by atoms with Gasteiger partial charge in [-0.05, 0) is 13.3 Å². The number of aromatic nitrogens is 4. The van der Waals surface area contributed by atoms with Gasteiger partial charge < -0.3 is 9.84 Å². The van der Waals surface area contributed by atoms with Crippen molar-refractivity contribution in [3.05, 3.63) is 42.2 Å². The first-order valence-electron chi connectivity index (χ1n) is 7.54. The zero-order valence-corrected chi connectivity index (χ0v) is 14.1. The van der Waals surface area contributed by atoms with Crippen LogP contribution in [0, 0.1) is 6.92 Å². The Morgan fingerprint density at radius 2 is 2.17 bits per heavy atom. The van der Waals surface area contributed by atoms with E-state index in [1.807, 2.05) is 37.3 Å². The van der Waals surface area contributed by atoms with Gasteiger partial charge in [0.25, 0.3) is 0 Å². The molecular weight excluding hydrogens is 326 g/mol. The van der Waals surface area contributed by atoms with Crippen molar-refractivity contribution in [2.24, 2.45) is 0 Å². The predicted molar refractivity (Wildman–Crippen MR) is 91.6 cm³/mol. The molecule has 0 fully saturated rings. The summed E-state index contributed by atoms with van der Waals surface area (Å²) in [5, 5.41) is 13.8. The number of benzene rings is 1. The smallest absolute Gasteiger partial charge is 0.239 e. The van der Waals surface area contributed by atoms with Gasteiger partial charge in [0.1, 0.15) is 5.76 Å². The largest absolute Gasteiger partial charge is 0.360 e. The van der Waals surface area contributed by atoms with Gasteiger partial charge in [-0.1, -0.05) is 54.2 Å². The first-order valence-corrected chi connectivity index (χ1v) is 8.42. The number of H-pyrrole nitrogens is 1. The maximum atomic E-state index is 12.4. The van der Waals surface area contributed by atoms with Crippen LogP contribution in [0.4, 0.5) is 5.82 Å². The fourth-order valence-electron chi connectivity index (χ4n) is 2.11. The molecule has 3 rings (SSSR count). The Balaban J connectivity index is 1.67. The molecule has 1 atom stereocenters. The van der Waals surface area contributed by atoms with Crippen molar-refractivity contribution in [1.82, 2.24) is 20.3 Å². The van der Waals surface area contributed by atoms with Crippen LogP contribution in [0.25, 0.3) is 11.4 Å². The molecule has 7 nitrogen and oxygen atoms in total. The van der Waals surface area contributed by atoms with E-state index in [9.17, 15) is 4.79 Å². The van der Waals surface area contributed by atoms with E-state index in [0.717, 1.165) is 5.56 Å². The predicted octanol–water partition coefficient (Wildman–Crippen LogP) is 3.28. The number of hydrogen-bond donors (Lipinski definition) is 2. The summed E-state index contributed by atoms with van der Waals surface area (Å²) in [4.78, 5) is 16.8. The van der Waals surface area contributed by atoms with Gasteiger partial charge in [-0.2, -0.15) is 0 Å². The number of rotatable bonds is 6. The van der Waals surface area contributed by atoms with Gasteiger partial charge in [-0.25, -0.2) is 4.98 Å². The normalized spacial score (nSPS) is 12.1. The monoisotopic (exact) mass is 343 g/mol. The number of aryl methyl sites for hydroxylation is 1. The van der Waals surface area contributed by atoms with Gasteiger partial charge in [0.2, 0.25) is 11.1 Å². The maximum Gasteiger partial charge on any atom is 0.239 e. The first-order chi connectivity index (χ1) is 11.7. The molecule has 0 aliphatic carbocycles. The molecule has 2 heterocycles. The van der Waals surface area contributed by atoms with Crippen LogP contribution in [0.1, 0.15) is 19.1 Å². The minimum atomic E-state index is -0.318. The summed E-state index contributed by atoms with van der Waals surface area (Å²) in [5.74, 6) is 1.59. The van der Waals surface area contributed by atoms with Crippen molar-refractivity contribution in [2.75, 3.05) is 5.32 Å². The number of thioether (sulfide) groups is 1. The van der Waals surface area contributed by atoms with Gasteiger partial charge >= 0.3 is 0 Å². The van der Waals surface area contributed by atoms with E-state index in [1.165, 1.54) is 11.8 Å². The molecule has 0 saturated heterocycles. The number of aromatic amines is 1. The Labute approximate surface area is 143 Å². The molecule has 2 N–H and O–H groups in total.